The molecule has 2 rings (SSSR count). The number of carbonyl (C=O) groups is 1. The molecular weight excluding hydrogens is 193 g/mol. The first kappa shape index (κ1) is 8.61. The second-order valence-corrected chi connectivity index (χ2v) is 2.78. The molecule has 1 aromatic carbocycles. The van der Waals surface area contributed by atoms with Gasteiger partial charge in [0.05, 0.1) is 11.3 Å². The molecule has 0 atom stereocenters. The number of carbonyl (C=O) groups excluding carboxylic acids is 1. The number of nitro benzene ring substituents is 1. The zero-order chi connectivity index (χ0) is 10.3. The fraction of sp³-hybridized carbons (Fsp3) is 0.125. The van der Waals surface area contributed by atoms with Gasteiger partial charge in [0.1, 0.15) is 5.82 Å². The molecule has 0 saturated carbocycles. The quantitative estimate of drug-likeness (QED) is 0.293. The first-order valence-corrected chi connectivity index (χ1v) is 3.76. The van der Waals surface area contributed by atoms with Gasteiger partial charge in [0.15, 0.2) is 0 Å². The first-order chi connectivity index (χ1) is 6.59. The van der Waals surface area contributed by atoms with Crippen molar-refractivity contribution in [1.82, 2.24) is 0 Å². The third-order valence-corrected chi connectivity index (χ3v) is 1.92. The molecule has 1 aliphatic rings. The predicted molar refractivity (Wildman–Crippen MR) is 42.4 cm³/mol. The minimum atomic E-state index is -0.711. The van der Waals surface area contributed by atoms with Crippen molar-refractivity contribution in [2.75, 3.05) is 0 Å². The van der Waals surface area contributed by atoms with E-state index in [-0.39, 0.29) is 23.4 Å². The highest BCUT2D eigenvalue weighted by Crippen LogP contribution is 2.37. The fourth-order valence-corrected chi connectivity index (χ4v) is 1.31. The van der Waals surface area contributed by atoms with Crippen LogP contribution < -0.4 is 4.74 Å². The number of fused-ring (bicyclic) bond motifs is 1. The minimum Gasteiger partial charge on any atom is -0.418 e. The summed E-state index contributed by atoms with van der Waals surface area (Å²) in [4.78, 5) is 20.6. The summed E-state index contributed by atoms with van der Waals surface area (Å²) >= 11 is 0. The molecule has 1 heterocycles. The number of rotatable bonds is 1. The lowest BCUT2D eigenvalue weighted by Crippen LogP contribution is -2.01. The van der Waals surface area contributed by atoms with Crippen molar-refractivity contribution in [3.8, 4) is 5.75 Å². The number of hydrogen-bond acceptors (Lipinski definition) is 4. The normalized spacial score (nSPS) is 13.6. The lowest BCUT2D eigenvalue weighted by atomic mass is 10.1. The van der Waals surface area contributed by atoms with Crippen LogP contribution in [0, 0.1) is 15.9 Å². The summed E-state index contributed by atoms with van der Waals surface area (Å²) in [6.07, 6.45) is -0.247. The number of halogens is 1. The Morgan fingerprint density at radius 1 is 1.50 bits per heavy atom. The molecule has 72 valence electrons. The molecule has 14 heavy (non-hydrogen) atoms. The van der Waals surface area contributed by atoms with Crippen LogP contribution in [0.25, 0.3) is 0 Å². The van der Waals surface area contributed by atoms with Crippen LogP contribution in [0.4, 0.5) is 10.1 Å². The third kappa shape index (κ3) is 1.12. The first-order valence-electron chi connectivity index (χ1n) is 3.76. The lowest BCUT2D eigenvalue weighted by Gasteiger charge is -1.98. The Hall–Kier alpha value is -1.98. The Bertz CT molecular complexity index is 443. The summed E-state index contributed by atoms with van der Waals surface area (Å²) in [7, 11) is 0. The number of hydrogen-bond donors (Lipinski definition) is 0. The lowest BCUT2D eigenvalue weighted by molar-refractivity contribution is -0.385. The van der Waals surface area contributed by atoms with E-state index in [4.69, 9.17) is 0 Å². The van der Waals surface area contributed by atoms with Crippen LogP contribution in [0.2, 0.25) is 0 Å². The standard InChI is InChI=1S/C8H4FNO4/c9-5-1-2-6(10(12)13)8-4(5)3-7(11)14-8/h1-2H,3H2. The van der Waals surface area contributed by atoms with Crippen molar-refractivity contribution in [3.63, 3.8) is 0 Å². The molecule has 0 spiro atoms. The van der Waals surface area contributed by atoms with Crippen molar-refractivity contribution in [3.05, 3.63) is 33.6 Å². The van der Waals surface area contributed by atoms with Gasteiger partial charge in [-0.2, -0.15) is 0 Å². The fourth-order valence-electron chi connectivity index (χ4n) is 1.31. The maximum Gasteiger partial charge on any atom is 0.316 e. The van der Waals surface area contributed by atoms with Crippen LogP contribution in [-0.2, 0) is 11.2 Å². The SMILES string of the molecule is O=C1Cc2c(F)ccc([N+](=O)[O-])c2O1. The molecule has 0 aliphatic carbocycles. The van der Waals surface area contributed by atoms with Crippen molar-refractivity contribution in [1.29, 1.82) is 0 Å². The topological polar surface area (TPSA) is 69.4 Å². The summed E-state index contributed by atoms with van der Waals surface area (Å²) < 4.78 is 17.6. The number of ether oxygens (including phenoxy) is 1. The van der Waals surface area contributed by atoms with Crippen molar-refractivity contribution in [2.24, 2.45) is 0 Å². The van der Waals surface area contributed by atoms with Gasteiger partial charge in [-0.3, -0.25) is 14.9 Å². The Kier molecular flexibility index (Phi) is 1.70. The third-order valence-electron chi connectivity index (χ3n) is 1.92. The van der Waals surface area contributed by atoms with Gasteiger partial charge >= 0.3 is 11.7 Å². The molecule has 0 aromatic heterocycles. The van der Waals surface area contributed by atoms with E-state index in [1.165, 1.54) is 0 Å². The minimum absolute atomic E-state index is 0.0378. The predicted octanol–water partition coefficient (Wildman–Crippen LogP) is 1.20. The van der Waals surface area contributed by atoms with E-state index in [1.54, 1.807) is 0 Å². The van der Waals surface area contributed by atoms with E-state index in [2.05, 4.69) is 4.74 Å². The molecule has 0 amide bonds. The van der Waals surface area contributed by atoms with Gasteiger partial charge in [-0.05, 0) is 6.07 Å². The molecule has 0 radical (unpaired) electrons. The molecule has 1 aliphatic heterocycles. The number of nitro groups is 1. The van der Waals surface area contributed by atoms with Crippen LogP contribution >= 0.6 is 0 Å². The average Bonchev–Trinajstić information content (AvgIpc) is 2.47. The van der Waals surface area contributed by atoms with Crippen molar-refractivity contribution in [2.45, 2.75) is 6.42 Å². The molecule has 6 heteroatoms. The highest BCUT2D eigenvalue weighted by atomic mass is 19.1. The van der Waals surface area contributed by atoms with Crippen molar-refractivity contribution < 1.29 is 18.8 Å². The largest absolute Gasteiger partial charge is 0.418 e. The van der Waals surface area contributed by atoms with Gasteiger partial charge in [-0.15, -0.1) is 0 Å². The Morgan fingerprint density at radius 2 is 2.21 bits per heavy atom. The van der Waals surface area contributed by atoms with E-state index in [9.17, 15) is 19.3 Å². The molecule has 5 nitrogen and oxygen atoms in total. The van der Waals surface area contributed by atoms with Gasteiger partial charge in [0, 0.05) is 11.6 Å². The van der Waals surface area contributed by atoms with Gasteiger partial charge < -0.3 is 4.74 Å². The molecular formula is C8H4FNO4. The summed E-state index contributed by atoms with van der Waals surface area (Å²) in [5.41, 5.74) is -0.420. The van der Waals surface area contributed by atoms with Crippen LogP contribution in [0.1, 0.15) is 5.56 Å². The summed E-state index contributed by atoms with van der Waals surface area (Å²) in [6.45, 7) is 0. The molecule has 0 saturated heterocycles. The second kappa shape index (κ2) is 2.76. The Morgan fingerprint density at radius 3 is 2.86 bits per heavy atom. The van der Waals surface area contributed by atoms with E-state index in [1.807, 2.05) is 0 Å². The van der Waals surface area contributed by atoms with Crippen molar-refractivity contribution >= 4 is 11.7 Å². The summed E-state index contributed by atoms with van der Waals surface area (Å²) in [6, 6.07) is 1.94. The molecule has 1 aromatic rings. The van der Waals surface area contributed by atoms with Gasteiger partial charge in [-0.1, -0.05) is 0 Å². The molecule has 0 unspecified atom stereocenters. The Balaban J connectivity index is 2.64. The zero-order valence-electron chi connectivity index (χ0n) is 6.82. The summed E-state index contributed by atoms with van der Waals surface area (Å²) in [5, 5.41) is 10.5. The molecule has 0 N–H and O–H groups in total. The van der Waals surface area contributed by atoms with Crippen LogP contribution in [0.5, 0.6) is 5.75 Å². The second-order valence-electron chi connectivity index (χ2n) is 2.78. The number of nitrogens with zero attached hydrogens (tertiary/aromatic N) is 1. The number of esters is 1. The van der Waals surface area contributed by atoms with Crippen LogP contribution in [0.3, 0.4) is 0 Å². The highest BCUT2D eigenvalue weighted by Gasteiger charge is 2.31. The van der Waals surface area contributed by atoms with Gasteiger partial charge in [-0.25, -0.2) is 4.39 Å². The summed E-state index contributed by atoms with van der Waals surface area (Å²) in [5.74, 6) is -1.59. The zero-order valence-corrected chi connectivity index (χ0v) is 6.82. The maximum atomic E-state index is 13.1. The molecule has 0 fully saturated rings. The number of benzene rings is 1. The van der Waals surface area contributed by atoms with Gasteiger partial charge in [0.2, 0.25) is 5.75 Å². The van der Waals surface area contributed by atoms with E-state index in [0.717, 1.165) is 12.1 Å². The maximum absolute atomic E-state index is 13.1. The van der Waals surface area contributed by atoms with E-state index >= 15 is 0 Å². The van der Waals surface area contributed by atoms with Crippen LogP contribution in [0.15, 0.2) is 12.1 Å². The highest BCUT2D eigenvalue weighted by molar-refractivity contribution is 5.83. The molecule has 0 bridgehead atoms. The van der Waals surface area contributed by atoms with E-state index < -0.39 is 16.7 Å². The van der Waals surface area contributed by atoms with Gasteiger partial charge in [0.25, 0.3) is 0 Å². The smallest absolute Gasteiger partial charge is 0.316 e. The average molecular weight is 197 g/mol. The monoisotopic (exact) mass is 197 g/mol. The van der Waals surface area contributed by atoms with Crippen LogP contribution in [-0.4, -0.2) is 10.9 Å². The van der Waals surface area contributed by atoms with E-state index in [0.29, 0.717) is 0 Å². The Labute approximate surface area is 77.2 Å².